The van der Waals surface area contributed by atoms with Crippen LogP contribution in [-0.2, 0) is 0 Å². The molecular formula is C10H18ClNO. The fourth-order valence-electron chi connectivity index (χ4n) is 1.83. The third-order valence-corrected chi connectivity index (χ3v) is 2.97. The lowest BCUT2D eigenvalue weighted by molar-refractivity contribution is 0.0987. The normalized spacial score (nSPS) is 26.4. The Balaban J connectivity index is 2.45. The van der Waals surface area contributed by atoms with E-state index in [9.17, 15) is 0 Å². The summed E-state index contributed by atoms with van der Waals surface area (Å²) in [6.45, 7) is 4.29. The molecule has 76 valence electrons. The van der Waals surface area contributed by atoms with Gasteiger partial charge in [-0.2, -0.15) is 0 Å². The number of hydrogen-bond donors (Lipinski definition) is 1. The minimum atomic E-state index is 0.273. The largest absolute Gasteiger partial charge is 0.395 e. The Morgan fingerprint density at radius 3 is 3.00 bits per heavy atom. The van der Waals surface area contributed by atoms with Crippen LogP contribution in [0.25, 0.3) is 0 Å². The molecule has 1 unspecified atom stereocenters. The standard InChI is InChI=1S/C10H18ClNO/c1-9(6-11)7-12-5-3-2-4-10(12)8-13/h6,10,13H,2-5,7-8H2,1H3. The number of halogens is 1. The summed E-state index contributed by atoms with van der Waals surface area (Å²) in [5.74, 6) is 0. The number of aliphatic hydroxyl groups is 1. The van der Waals surface area contributed by atoms with E-state index in [2.05, 4.69) is 4.90 Å². The van der Waals surface area contributed by atoms with Gasteiger partial charge in [-0.1, -0.05) is 18.0 Å². The molecule has 0 amide bonds. The maximum absolute atomic E-state index is 9.15. The Morgan fingerprint density at radius 2 is 2.38 bits per heavy atom. The van der Waals surface area contributed by atoms with Crippen molar-refractivity contribution in [2.45, 2.75) is 32.2 Å². The van der Waals surface area contributed by atoms with Crippen molar-refractivity contribution >= 4 is 11.6 Å². The third kappa shape index (κ3) is 3.29. The quantitative estimate of drug-likeness (QED) is 0.759. The molecule has 2 nitrogen and oxygen atoms in total. The van der Waals surface area contributed by atoms with Gasteiger partial charge < -0.3 is 5.11 Å². The molecule has 1 N–H and O–H groups in total. The predicted octanol–water partition coefficient (Wildman–Crippen LogP) is 1.98. The van der Waals surface area contributed by atoms with E-state index < -0.39 is 0 Å². The number of hydrogen-bond acceptors (Lipinski definition) is 2. The highest BCUT2D eigenvalue weighted by atomic mass is 35.5. The highest BCUT2D eigenvalue weighted by Crippen LogP contribution is 2.17. The van der Waals surface area contributed by atoms with E-state index in [0.717, 1.165) is 19.5 Å². The fraction of sp³-hybridized carbons (Fsp3) is 0.800. The van der Waals surface area contributed by atoms with E-state index >= 15 is 0 Å². The molecule has 0 spiro atoms. The Morgan fingerprint density at radius 1 is 1.62 bits per heavy atom. The molecule has 13 heavy (non-hydrogen) atoms. The summed E-state index contributed by atoms with van der Waals surface area (Å²) in [5, 5.41) is 9.15. The zero-order valence-electron chi connectivity index (χ0n) is 8.17. The zero-order chi connectivity index (χ0) is 9.68. The van der Waals surface area contributed by atoms with Crippen LogP contribution in [0.15, 0.2) is 11.1 Å². The molecule has 1 aliphatic rings. The lowest BCUT2D eigenvalue weighted by Crippen LogP contribution is -2.42. The molecule has 1 saturated heterocycles. The van der Waals surface area contributed by atoms with E-state index in [0.29, 0.717) is 6.04 Å². The molecule has 0 saturated carbocycles. The van der Waals surface area contributed by atoms with Crippen molar-refractivity contribution in [1.82, 2.24) is 4.90 Å². The van der Waals surface area contributed by atoms with Crippen molar-refractivity contribution < 1.29 is 5.11 Å². The maximum Gasteiger partial charge on any atom is 0.0586 e. The number of aliphatic hydroxyl groups excluding tert-OH is 1. The van der Waals surface area contributed by atoms with E-state index in [-0.39, 0.29) is 6.61 Å². The average molecular weight is 204 g/mol. The summed E-state index contributed by atoms with van der Waals surface area (Å²) in [5.41, 5.74) is 2.80. The van der Waals surface area contributed by atoms with Crippen molar-refractivity contribution in [3.63, 3.8) is 0 Å². The van der Waals surface area contributed by atoms with Crippen LogP contribution in [0.4, 0.5) is 0 Å². The Bertz CT molecular complexity index is 182. The van der Waals surface area contributed by atoms with Gasteiger partial charge in [0.15, 0.2) is 0 Å². The summed E-state index contributed by atoms with van der Waals surface area (Å²) in [4.78, 5) is 2.32. The molecule has 1 atom stereocenters. The van der Waals surface area contributed by atoms with Gasteiger partial charge in [0.1, 0.15) is 0 Å². The number of nitrogens with zero attached hydrogens (tertiary/aromatic N) is 1. The number of rotatable bonds is 3. The third-order valence-electron chi connectivity index (χ3n) is 2.60. The van der Waals surface area contributed by atoms with Gasteiger partial charge >= 0.3 is 0 Å². The molecule has 0 aromatic carbocycles. The SMILES string of the molecule is CC(=CCl)CN1CCCCC1CO. The van der Waals surface area contributed by atoms with Crippen LogP contribution >= 0.6 is 11.6 Å². The van der Waals surface area contributed by atoms with Crippen LogP contribution in [0.3, 0.4) is 0 Å². The summed E-state index contributed by atoms with van der Waals surface area (Å²) in [6, 6.07) is 0.348. The first-order chi connectivity index (χ1) is 6.27. The lowest BCUT2D eigenvalue weighted by Gasteiger charge is -2.34. The minimum Gasteiger partial charge on any atom is -0.395 e. The first kappa shape index (κ1) is 11.0. The van der Waals surface area contributed by atoms with Crippen LogP contribution in [0.1, 0.15) is 26.2 Å². The average Bonchev–Trinajstić information content (AvgIpc) is 2.18. The molecule has 0 aliphatic carbocycles. The topological polar surface area (TPSA) is 23.5 Å². The van der Waals surface area contributed by atoms with Gasteiger partial charge in [-0.15, -0.1) is 0 Å². The van der Waals surface area contributed by atoms with Gasteiger partial charge in [0.25, 0.3) is 0 Å². The van der Waals surface area contributed by atoms with E-state index in [1.807, 2.05) is 6.92 Å². The van der Waals surface area contributed by atoms with E-state index in [1.54, 1.807) is 5.54 Å². The van der Waals surface area contributed by atoms with Gasteiger partial charge in [0.2, 0.25) is 0 Å². The summed E-state index contributed by atoms with van der Waals surface area (Å²) < 4.78 is 0. The Kier molecular flexibility index (Phi) is 4.78. The molecule has 3 heteroatoms. The minimum absolute atomic E-state index is 0.273. The molecule has 1 aliphatic heterocycles. The Labute approximate surface area is 85.2 Å². The van der Waals surface area contributed by atoms with Crippen LogP contribution < -0.4 is 0 Å². The monoisotopic (exact) mass is 203 g/mol. The van der Waals surface area contributed by atoms with Crippen LogP contribution in [0.2, 0.25) is 0 Å². The second-order valence-electron chi connectivity index (χ2n) is 3.76. The molecule has 1 rings (SSSR count). The van der Waals surface area contributed by atoms with Crippen LogP contribution in [0.5, 0.6) is 0 Å². The van der Waals surface area contributed by atoms with Crippen molar-refractivity contribution in [2.24, 2.45) is 0 Å². The highest BCUT2D eigenvalue weighted by molar-refractivity contribution is 6.25. The van der Waals surface area contributed by atoms with Gasteiger partial charge in [0.05, 0.1) is 6.61 Å². The predicted molar refractivity (Wildman–Crippen MR) is 55.9 cm³/mol. The number of likely N-dealkylation sites (tertiary alicyclic amines) is 1. The molecule has 1 fully saturated rings. The summed E-state index contributed by atoms with van der Waals surface area (Å²) >= 11 is 5.61. The Hall–Kier alpha value is -0.0500. The van der Waals surface area contributed by atoms with Gasteiger partial charge in [-0.3, -0.25) is 4.90 Å². The summed E-state index contributed by atoms with van der Waals surface area (Å²) in [6.07, 6.45) is 3.60. The maximum atomic E-state index is 9.15. The van der Waals surface area contributed by atoms with Crippen molar-refractivity contribution in [2.75, 3.05) is 19.7 Å². The second kappa shape index (κ2) is 5.63. The first-order valence-corrected chi connectivity index (χ1v) is 5.32. The van der Waals surface area contributed by atoms with Gasteiger partial charge in [-0.25, -0.2) is 0 Å². The molecule has 1 heterocycles. The first-order valence-electron chi connectivity index (χ1n) is 4.88. The van der Waals surface area contributed by atoms with E-state index in [4.69, 9.17) is 16.7 Å². The molecule has 0 aromatic rings. The van der Waals surface area contributed by atoms with Crippen LogP contribution in [-0.4, -0.2) is 35.7 Å². The number of piperidine rings is 1. The smallest absolute Gasteiger partial charge is 0.0586 e. The summed E-state index contributed by atoms with van der Waals surface area (Å²) in [7, 11) is 0. The highest BCUT2D eigenvalue weighted by Gasteiger charge is 2.20. The second-order valence-corrected chi connectivity index (χ2v) is 3.98. The van der Waals surface area contributed by atoms with Crippen molar-refractivity contribution in [1.29, 1.82) is 0 Å². The molecular weight excluding hydrogens is 186 g/mol. The van der Waals surface area contributed by atoms with Crippen molar-refractivity contribution in [3.8, 4) is 0 Å². The van der Waals surface area contributed by atoms with Gasteiger partial charge in [0, 0.05) is 18.1 Å². The molecule has 0 aromatic heterocycles. The molecule has 0 bridgehead atoms. The van der Waals surface area contributed by atoms with Crippen LogP contribution in [0, 0.1) is 0 Å². The van der Waals surface area contributed by atoms with Crippen molar-refractivity contribution in [3.05, 3.63) is 11.1 Å². The fourth-order valence-corrected chi connectivity index (χ4v) is 1.90. The zero-order valence-corrected chi connectivity index (χ0v) is 8.93. The van der Waals surface area contributed by atoms with E-state index in [1.165, 1.54) is 18.4 Å². The van der Waals surface area contributed by atoms with Gasteiger partial charge in [-0.05, 0) is 31.9 Å². The molecule has 0 radical (unpaired) electrons. The lowest BCUT2D eigenvalue weighted by atomic mass is 10.0.